The number of H-pyrrole nitrogens is 1. The Morgan fingerprint density at radius 2 is 1.90 bits per heavy atom. The standard InChI is InChI=1S/C21H18ClN5O2/c1-13(27-20(29)17-5-3-2-4-15(17)12-24-27)18-10-19(28)26-21(25-18)23-11-14-6-8-16(22)9-7-14/h2-10,12-13H,11H2,1H3,(H2,23,25,26,28)/t13-/m1/s1. The number of nitrogens with zero attached hydrogens (tertiary/aromatic N) is 3. The van der Waals surface area contributed by atoms with Crippen LogP contribution in [-0.4, -0.2) is 19.7 Å². The molecule has 0 unspecified atom stereocenters. The highest BCUT2D eigenvalue weighted by atomic mass is 35.5. The average Bonchev–Trinajstić information content (AvgIpc) is 2.73. The van der Waals surface area contributed by atoms with Gasteiger partial charge in [0.05, 0.1) is 23.3 Å². The molecule has 7 nitrogen and oxygen atoms in total. The molecule has 0 radical (unpaired) electrons. The number of halogens is 1. The number of benzene rings is 2. The summed E-state index contributed by atoms with van der Waals surface area (Å²) in [7, 11) is 0. The van der Waals surface area contributed by atoms with Gasteiger partial charge in [-0.25, -0.2) is 9.67 Å². The lowest BCUT2D eigenvalue weighted by atomic mass is 10.2. The fourth-order valence-electron chi connectivity index (χ4n) is 3.07. The van der Waals surface area contributed by atoms with E-state index in [0.29, 0.717) is 28.6 Å². The van der Waals surface area contributed by atoms with Gasteiger partial charge in [0.1, 0.15) is 0 Å². The predicted molar refractivity (Wildman–Crippen MR) is 113 cm³/mol. The molecule has 0 fully saturated rings. The third kappa shape index (κ3) is 4.05. The summed E-state index contributed by atoms with van der Waals surface area (Å²) in [5.41, 5.74) is 0.891. The highest BCUT2D eigenvalue weighted by Gasteiger charge is 2.15. The van der Waals surface area contributed by atoms with E-state index in [1.807, 2.05) is 30.3 Å². The second-order valence-corrected chi connectivity index (χ2v) is 7.09. The highest BCUT2D eigenvalue weighted by Crippen LogP contribution is 2.15. The van der Waals surface area contributed by atoms with Gasteiger partial charge >= 0.3 is 0 Å². The summed E-state index contributed by atoms with van der Waals surface area (Å²) in [5, 5.41) is 9.35. The first-order valence-electron chi connectivity index (χ1n) is 9.07. The third-order valence-electron chi connectivity index (χ3n) is 4.65. The van der Waals surface area contributed by atoms with Crippen LogP contribution in [0.1, 0.15) is 24.2 Å². The maximum Gasteiger partial charge on any atom is 0.275 e. The van der Waals surface area contributed by atoms with Gasteiger partial charge in [0.15, 0.2) is 0 Å². The Balaban J connectivity index is 1.63. The first-order valence-corrected chi connectivity index (χ1v) is 9.45. The minimum atomic E-state index is -0.509. The Hall–Kier alpha value is -3.45. The Bertz CT molecular complexity index is 1280. The molecule has 0 aliphatic carbocycles. The monoisotopic (exact) mass is 407 g/mol. The molecule has 4 rings (SSSR count). The highest BCUT2D eigenvalue weighted by molar-refractivity contribution is 6.30. The molecule has 0 spiro atoms. The normalized spacial score (nSPS) is 12.1. The third-order valence-corrected chi connectivity index (χ3v) is 4.90. The van der Waals surface area contributed by atoms with E-state index in [1.165, 1.54) is 10.7 Å². The predicted octanol–water partition coefficient (Wildman–Crippen LogP) is 3.35. The lowest BCUT2D eigenvalue weighted by Crippen LogP contribution is -2.28. The van der Waals surface area contributed by atoms with Gasteiger partial charge in [-0.3, -0.25) is 14.6 Å². The summed E-state index contributed by atoms with van der Waals surface area (Å²) in [4.78, 5) is 32.1. The van der Waals surface area contributed by atoms with E-state index in [9.17, 15) is 9.59 Å². The van der Waals surface area contributed by atoms with Crippen molar-refractivity contribution in [3.05, 3.63) is 97.8 Å². The largest absolute Gasteiger partial charge is 0.352 e. The number of hydrogen-bond acceptors (Lipinski definition) is 5. The summed E-state index contributed by atoms with van der Waals surface area (Å²) in [6.07, 6.45) is 1.64. The van der Waals surface area contributed by atoms with Gasteiger partial charge in [-0.2, -0.15) is 5.10 Å². The minimum Gasteiger partial charge on any atom is -0.352 e. The molecular weight excluding hydrogens is 390 g/mol. The van der Waals surface area contributed by atoms with Crippen LogP contribution in [0.2, 0.25) is 5.02 Å². The van der Waals surface area contributed by atoms with Gasteiger partial charge in [0.25, 0.3) is 11.1 Å². The Morgan fingerprint density at radius 3 is 2.69 bits per heavy atom. The molecule has 2 aromatic carbocycles. The van der Waals surface area contributed by atoms with Crippen LogP contribution >= 0.6 is 11.6 Å². The summed E-state index contributed by atoms with van der Waals surface area (Å²) < 4.78 is 1.34. The maximum absolute atomic E-state index is 12.8. The number of aromatic amines is 1. The van der Waals surface area contributed by atoms with Crippen LogP contribution in [0.25, 0.3) is 10.8 Å². The molecule has 8 heteroatoms. The van der Waals surface area contributed by atoms with Crippen LogP contribution in [-0.2, 0) is 6.54 Å². The molecule has 0 aliphatic rings. The number of rotatable bonds is 5. The van der Waals surface area contributed by atoms with Crippen LogP contribution in [0.15, 0.2) is 70.4 Å². The van der Waals surface area contributed by atoms with Crippen molar-refractivity contribution in [2.45, 2.75) is 19.5 Å². The molecular formula is C21H18ClN5O2. The van der Waals surface area contributed by atoms with Crippen LogP contribution in [0.3, 0.4) is 0 Å². The Morgan fingerprint density at radius 1 is 1.14 bits per heavy atom. The number of hydrogen-bond donors (Lipinski definition) is 2. The first-order chi connectivity index (χ1) is 14.0. The van der Waals surface area contributed by atoms with Crippen molar-refractivity contribution in [2.75, 3.05) is 5.32 Å². The van der Waals surface area contributed by atoms with Gasteiger partial charge in [0.2, 0.25) is 5.95 Å². The van der Waals surface area contributed by atoms with E-state index < -0.39 is 6.04 Å². The van der Waals surface area contributed by atoms with E-state index in [-0.39, 0.29) is 11.1 Å². The quantitative estimate of drug-likeness (QED) is 0.529. The zero-order valence-corrected chi connectivity index (χ0v) is 16.3. The number of anilines is 1. The average molecular weight is 408 g/mol. The Kier molecular flexibility index (Phi) is 5.14. The SMILES string of the molecule is C[C@H](c1cc(=O)[nH]c(NCc2ccc(Cl)cc2)n1)n1ncc2ccccc2c1=O. The topological polar surface area (TPSA) is 92.7 Å². The molecule has 0 saturated carbocycles. The van der Waals surface area contributed by atoms with Crippen molar-refractivity contribution < 1.29 is 0 Å². The van der Waals surface area contributed by atoms with Crippen LogP contribution in [0.5, 0.6) is 0 Å². The van der Waals surface area contributed by atoms with Crippen LogP contribution in [0, 0.1) is 0 Å². The van der Waals surface area contributed by atoms with Crippen molar-refractivity contribution >= 4 is 28.3 Å². The van der Waals surface area contributed by atoms with Crippen molar-refractivity contribution in [3.8, 4) is 0 Å². The summed E-state index contributed by atoms with van der Waals surface area (Å²) in [5.74, 6) is 0.322. The summed E-state index contributed by atoms with van der Waals surface area (Å²) in [6, 6.07) is 15.5. The molecule has 29 heavy (non-hydrogen) atoms. The lowest BCUT2D eigenvalue weighted by molar-refractivity contribution is 0.524. The number of nitrogens with one attached hydrogen (secondary N) is 2. The fourth-order valence-corrected chi connectivity index (χ4v) is 3.19. The molecule has 1 atom stereocenters. The lowest BCUT2D eigenvalue weighted by Gasteiger charge is -2.15. The van der Waals surface area contributed by atoms with E-state index in [4.69, 9.17) is 11.6 Å². The van der Waals surface area contributed by atoms with Gasteiger partial charge in [-0.1, -0.05) is 41.9 Å². The van der Waals surface area contributed by atoms with E-state index >= 15 is 0 Å². The van der Waals surface area contributed by atoms with Crippen molar-refractivity contribution in [2.24, 2.45) is 0 Å². The van der Waals surface area contributed by atoms with Gasteiger partial charge in [-0.05, 0) is 30.7 Å². The second kappa shape index (κ2) is 7.89. The zero-order valence-electron chi connectivity index (χ0n) is 15.6. The number of aromatic nitrogens is 4. The fraction of sp³-hybridized carbons (Fsp3) is 0.143. The van der Waals surface area contributed by atoms with Crippen LogP contribution in [0.4, 0.5) is 5.95 Å². The van der Waals surface area contributed by atoms with Gasteiger partial charge < -0.3 is 5.32 Å². The molecule has 0 amide bonds. The molecule has 0 bridgehead atoms. The van der Waals surface area contributed by atoms with E-state index in [2.05, 4.69) is 20.4 Å². The van der Waals surface area contributed by atoms with Crippen molar-refractivity contribution in [1.82, 2.24) is 19.7 Å². The molecule has 2 heterocycles. The molecule has 0 saturated heterocycles. The molecule has 146 valence electrons. The van der Waals surface area contributed by atoms with E-state index in [1.54, 1.807) is 31.3 Å². The first kappa shape index (κ1) is 18.9. The van der Waals surface area contributed by atoms with E-state index in [0.717, 1.165) is 10.9 Å². The second-order valence-electron chi connectivity index (χ2n) is 6.66. The maximum atomic E-state index is 12.8. The van der Waals surface area contributed by atoms with Crippen molar-refractivity contribution in [1.29, 1.82) is 0 Å². The van der Waals surface area contributed by atoms with Gasteiger partial charge in [0, 0.05) is 23.0 Å². The molecule has 4 aromatic rings. The smallest absolute Gasteiger partial charge is 0.275 e. The zero-order chi connectivity index (χ0) is 20.4. The van der Waals surface area contributed by atoms with Crippen molar-refractivity contribution in [3.63, 3.8) is 0 Å². The van der Waals surface area contributed by atoms with Crippen LogP contribution < -0.4 is 16.4 Å². The summed E-state index contributed by atoms with van der Waals surface area (Å²) in [6.45, 7) is 2.25. The molecule has 0 aliphatic heterocycles. The number of fused-ring (bicyclic) bond motifs is 1. The summed E-state index contributed by atoms with van der Waals surface area (Å²) >= 11 is 5.90. The Labute approximate surface area is 171 Å². The van der Waals surface area contributed by atoms with Gasteiger partial charge in [-0.15, -0.1) is 0 Å². The minimum absolute atomic E-state index is 0.228. The molecule has 2 aromatic heterocycles. The molecule has 2 N–H and O–H groups in total.